The summed E-state index contributed by atoms with van der Waals surface area (Å²) in [7, 11) is 0. The number of nitrogens with zero attached hydrogens (tertiary/aromatic N) is 4. The molecule has 0 amide bonds. The van der Waals surface area contributed by atoms with Gasteiger partial charge in [0.2, 0.25) is 0 Å². The Bertz CT molecular complexity index is 3530. The molecule has 5 nitrogen and oxygen atoms in total. The number of ether oxygens (including phenoxy) is 1. The van der Waals surface area contributed by atoms with Crippen molar-refractivity contribution in [3.05, 3.63) is 182 Å². The molecule has 0 spiro atoms. The van der Waals surface area contributed by atoms with Gasteiger partial charge in [-0.25, -0.2) is 9.97 Å². The van der Waals surface area contributed by atoms with Crippen LogP contribution < -0.4 is 4.74 Å². The lowest BCUT2D eigenvalue weighted by Crippen LogP contribution is -2.12. The summed E-state index contributed by atoms with van der Waals surface area (Å²) < 4.78 is 11.5. The maximum atomic E-state index is 6.85. The second-order valence-electron chi connectivity index (χ2n) is 16.6. The molecule has 5 heteroatoms. The fraction of sp³-hybridized carbons (Fsp3) is 0.0741. The summed E-state index contributed by atoms with van der Waals surface area (Å²) in [6.45, 7) is 6.72. The molecule has 4 aromatic heterocycles. The van der Waals surface area contributed by atoms with Crippen molar-refractivity contribution in [2.24, 2.45) is 0 Å². The van der Waals surface area contributed by atoms with Gasteiger partial charge in [0.25, 0.3) is 0 Å². The molecular formula is C54H38N4O. The molecule has 0 saturated heterocycles. The maximum Gasteiger partial charge on any atom is 0.146 e. The third-order valence-corrected chi connectivity index (χ3v) is 12.1. The van der Waals surface area contributed by atoms with Crippen LogP contribution in [0.1, 0.15) is 26.3 Å². The van der Waals surface area contributed by atoms with Crippen molar-refractivity contribution in [3.63, 3.8) is 0 Å². The van der Waals surface area contributed by atoms with E-state index in [1.54, 1.807) is 0 Å². The Morgan fingerprint density at radius 2 is 1.00 bits per heavy atom. The molecule has 0 saturated carbocycles. The lowest BCUT2D eigenvalue weighted by Gasteiger charge is -2.21. The van der Waals surface area contributed by atoms with Crippen LogP contribution in [-0.2, 0) is 5.41 Å². The van der Waals surface area contributed by atoms with Gasteiger partial charge in [0.15, 0.2) is 0 Å². The van der Waals surface area contributed by atoms with Crippen molar-refractivity contribution in [1.29, 1.82) is 0 Å². The molecule has 0 aliphatic heterocycles. The van der Waals surface area contributed by atoms with Crippen LogP contribution in [0.15, 0.2) is 176 Å². The number of pyridine rings is 2. The van der Waals surface area contributed by atoms with E-state index < -0.39 is 0 Å². The number of para-hydroxylation sites is 2. The molecule has 4 heterocycles. The minimum absolute atomic E-state index is 0.0120. The Balaban J connectivity index is 1.08. The van der Waals surface area contributed by atoms with E-state index in [4.69, 9.17) is 14.7 Å². The number of rotatable bonds is 3. The third kappa shape index (κ3) is 5.04. The second-order valence-corrected chi connectivity index (χ2v) is 16.6. The summed E-state index contributed by atoms with van der Waals surface area (Å²) in [6, 6.07) is 60.6. The molecule has 11 aromatic rings. The molecule has 7 aromatic carbocycles. The van der Waals surface area contributed by atoms with Crippen molar-refractivity contribution >= 4 is 49.1 Å². The molecule has 12 rings (SSSR count). The number of hydrogen-bond donors (Lipinski definition) is 0. The first-order valence-corrected chi connectivity index (χ1v) is 20.2. The van der Waals surface area contributed by atoms with E-state index in [0.717, 1.165) is 83.6 Å². The van der Waals surface area contributed by atoms with Crippen molar-refractivity contribution in [1.82, 2.24) is 18.9 Å². The van der Waals surface area contributed by atoms with E-state index >= 15 is 0 Å². The molecule has 0 unspecified atom stereocenters. The highest BCUT2D eigenvalue weighted by Crippen LogP contribution is 2.49. The van der Waals surface area contributed by atoms with Crippen LogP contribution in [0.5, 0.6) is 11.5 Å². The summed E-state index contributed by atoms with van der Waals surface area (Å²) in [4.78, 5) is 10.5. The zero-order chi connectivity index (χ0) is 39.4. The highest BCUT2D eigenvalue weighted by Gasteiger charge is 2.28. The van der Waals surface area contributed by atoms with Gasteiger partial charge in [-0.2, -0.15) is 0 Å². The van der Waals surface area contributed by atoms with Gasteiger partial charge in [-0.05, 0) is 93.2 Å². The molecular weight excluding hydrogens is 721 g/mol. The Labute approximate surface area is 341 Å². The van der Waals surface area contributed by atoms with Gasteiger partial charge < -0.3 is 4.74 Å². The predicted octanol–water partition coefficient (Wildman–Crippen LogP) is 14.2. The van der Waals surface area contributed by atoms with Gasteiger partial charge in [0, 0.05) is 44.9 Å². The first-order valence-electron chi connectivity index (χ1n) is 20.2. The van der Waals surface area contributed by atoms with Crippen molar-refractivity contribution in [3.8, 4) is 62.1 Å². The van der Waals surface area contributed by atoms with Gasteiger partial charge in [0.05, 0.1) is 27.9 Å². The molecule has 0 atom stereocenters. The first-order chi connectivity index (χ1) is 28.9. The lowest BCUT2D eigenvalue weighted by atomic mass is 9.84. The number of benzene rings is 7. The standard InChI is InChI=1S/C54H38N4O/c1-54(2,3)33-28-29-55-50(30-33)57-47-22-12-11-19-42(47)43-27-25-35(32-49(43)57)59-34-24-26-40-41-18-10-13-23-48(41)58-52-45-21-9-7-17-39(45)37-15-5-4-14-36(37)38-16-6-8-20-44(38)51(52)56-53(58)46(40)31-34/h4-32H,1-3H3. The topological polar surface area (TPSA) is 44.4 Å². The molecule has 0 fully saturated rings. The number of imidazole rings is 1. The van der Waals surface area contributed by atoms with E-state index in [-0.39, 0.29) is 5.41 Å². The van der Waals surface area contributed by atoms with Crippen LogP contribution in [0.3, 0.4) is 0 Å². The number of aromatic nitrogens is 4. The van der Waals surface area contributed by atoms with E-state index in [1.807, 2.05) is 6.20 Å². The summed E-state index contributed by atoms with van der Waals surface area (Å²) in [6.07, 6.45) is 1.92. The zero-order valence-corrected chi connectivity index (χ0v) is 32.9. The zero-order valence-electron chi connectivity index (χ0n) is 32.9. The maximum absolute atomic E-state index is 6.85. The quantitative estimate of drug-likeness (QED) is 0.169. The average molecular weight is 759 g/mol. The second kappa shape index (κ2) is 12.5. The van der Waals surface area contributed by atoms with Crippen molar-refractivity contribution < 1.29 is 4.74 Å². The van der Waals surface area contributed by atoms with Gasteiger partial charge in [-0.3, -0.25) is 8.97 Å². The molecule has 0 bridgehead atoms. The Hall–Kier alpha value is -7.50. The van der Waals surface area contributed by atoms with E-state index in [9.17, 15) is 0 Å². The summed E-state index contributed by atoms with van der Waals surface area (Å²) >= 11 is 0. The van der Waals surface area contributed by atoms with Crippen LogP contribution >= 0.6 is 0 Å². The average Bonchev–Trinajstić information content (AvgIpc) is 3.82. The minimum Gasteiger partial charge on any atom is -0.457 e. The van der Waals surface area contributed by atoms with E-state index in [1.165, 1.54) is 33.2 Å². The molecule has 59 heavy (non-hydrogen) atoms. The smallest absolute Gasteiger partial charge is 0.146 e. The minimum atomic E-state index is -0.0120. The first kappa shape index (κ1) is 33.6. The summed E-state index contributed by atoms with van der Waals surface area (Å²) in [5.41, 5.74) is 14.5. The van der Waals surface area contributed by atoms with Crippen molar-refractivity contribution in [2.45, 2.75) is 26.2 Å². The van der Waals surface area contributed by atoms with Crippen LogP contribution in [-0.4, -0.2) is 18.9 Å². The number of hydrogen-bond acceptors (Lipinski definition) is 3. The normalized spacial score (nSPS) is 12.3. The fourth-order valence-corrected chi connectivity index (χ4v) is 9.38. The van der Waals surface area contributed by atoms with Gasteiger partial charge in [0.1, 0.15) is 23.0 Å². The molecule has 1 aliphatic rings. The lowest BCUT2D eigenvalue weighted by molar-refractivity contribution is 0.484. The number of fused-ring (bicyclic) bond motifs is 18. The van der Waals surface area contributed by atoms with Gasteiger partial charge in [-0.15, -0.1) is 0 Å². The summed E-state index contributed by atoms with van der Waals surface area (Å²) in [5.74, 6) is 2.39. The predicted molar refractivity (Wildman–Crippen MR) is 243 cm³/mol. The summed E-state index contributed by atoms with van der Waals surface area (Å²) in [5, 5.41) is 5.64. The largest absolute Gasteiger partial charge is 0.457 e. The Morgan fingerprint density at radius 1 is 0.458 bits per heavy atom. The van der Waals surface area contributed by atoms with E-state index in [0.29, 0.717) is 0 Å². The highest BCUT2D eigenvalue weighted by molar-refractivity contribution is 6.15. The van der Waals surface area contributed by atoms with Gasteiger partial charge in [-0.1, -0.05) is 130 Å². The molecule has 0 N–H and O–H groups in total. The van der Waals surface area contributed by atoms with Crippen LogP contribution in [0, 0.1) is 0 Å². The monoisotopic (exact) mass is 758 g/mol. The van der Waals surface area contributed by atoms with Gasteiger partial charge >= 0.3 is 0 Å². The van der Waals surface area contributed by atoms with E-state index in [2.05, 4.69) is 200 Å². The molecule has 1 aliphatic carbocycles. The van der Waals surface area contributed by atoms with Crippen LogP contribution in [0.2, 0.25) is 0 Å². The SMILES string of the molecule is CC(C)(C)c1ccnc(-n2c3ccccc3c3ccc(Oc4ccc5c6ccccc6n6c7c(nc6c5c4)-c4ccccc4-c4ccccc4-c4ccccc4-7)cc32)c1. The Morgan fingerprint density at radius 3 is 1.71 bits per heavy atom. The molecule has 280 valence electrons. The highest BCUT2D eigenvalue weighted by atomic mass is 16.5. The fourth-order valence-electron chi connectivity index (χ4n) is 9.38. The Kier molecular flexibility index (Phi) is 7.12. The van der Waals surface area contributed by atoms with Crippen LogP contribution in [0.25, 0.3) is 99.7 Å². The third-order valence-electron chi connectivity index (χ3n) is 12.1. The van der Waals surface area contributed by atoms with Crippen molar-refractivity contribution in [2.75, 3.05) is 0 Å². The molecule has 0 radical (unpaired) electrons. The van der Waals surface area contributed by atoms with Crippen LogP contribution in [0.4, 0.5) is 0 Å².